The molecule has 1 spiro atoms. The summed E-state index contributed by atoms with van der Waals surface area (Å²) in [5.41, 5.74) is 1.03. The Morgan fingerprint density at radius 3 is 2.50 bits per heavy atom. The summed E-state index contributed by atoms with van der Waals surface area (Å²) >= 11 is 0. The first-order valence-corrected chi connectivity index (χ1v) is 12.9. The van der Waals surface area contributed by atoms with E-state index >= 15 is 0 Å². The standard InChI is InChI=1S/C28H42O4/c1-17(2)18(3)7-8-19(4)22-15-23(30)24-21-10-12-27-16-20(29)9-11-26(27,6)28(21,32-31-27)14-13-25(22,24)5/h7-8,10,12,17-20,22-23,29-30H,9,11,13-16H2,1-6H3/b8-7+/t18-,19+,20-,22+,23-,25+,26-,27+,28+/m0/s1. The predicted octanol–water partition coefficient (Wildman–Crippen LogP) is 5.51. The molecule has 2 saturated carbocycles. The second kappa shape index (κ2) is 7.28. The first-order valence-electron chi connectivity index (χ1n) is 12.9. The number of rotatable bonds is 4. The van der Waals surface area contributed by atoms with E-state index in [1.54, 1.807) is 0 Å². The average Bonchev–Trinajstić information content (AvgIpc) is 3.07. The van der Waals surface area contributed by atoms with E-state index in [1.807, 2.05) is 0 Å². The Balaban J connectivity index is 1.55. The van der Waals surface area contributed by atoms with Crippen LogP contribution in [0, 0.1) is 34.5 Å². The third-order valence-electron chi connectivity index (χ3n) is 10.6. The minimum absolute atomic E-state index is 0.0361. The molecule has 1 saturated heterocycles. The van der Waals surface area contributed by atoms with E-state index in [-0.39, 0.29) is 16.9 Å². The van der Waals surface area contributed by atoms with Gasteiger partial charge >= 0.3 is 0 Å². The third kappa shape index (κ3) is 2.76. The van der Waals surface area contributed by atoms with Gasteiger partial charge in [-0.3, -0.25) is 0 Å². The molecule has 0 amide bonds. The summed E-state index contributed by atoms with van der Waals surface area (Å²) in [6.07, 6.45) is 13.3. The van der Waals surface area contributed by atoms with Crippen LogP contribution in [0.15, 0.2) is 35.5 Å². The van der Waals surface area contributed by atoms with Crippen LogP contribution in [-0.4, -0.2) is 33.6 Å². The van der Waals surface area contributed by atoms with Crippen LogP contribution >= 0.6 is 0 Å². The average molecular weight is 443 g/mol. The van der Waals surface area contributed by atoms with Gasteiger partial charge in [0.2, 0.25) is 0 Å². The van der Waals surface area contributed by atoms with E-state index in [1.165, 1.54) is 11.1 Å². The fourth-order valence-corrected chi connectivity index (χ4v) is 7.93. The highest BCUT2D eigenvalue weighted by atomic mass is 17.2. The van der Waals surface area contributed by atoms with Crippen molar-refractivity contribution in [3.05, 3.63) is 35.5 Å². The topological polar surface area (TPSA) is 58.9 Å². The highest BCUT2D eigenvalue weighted by Gasteiger charge is 2.74. The number of aliphatic hydroxyl groups is 2. The van der Waals surface area contributed by atoms with Crippen LogP contribution in [0.2, 0.25) is 0 Å². The van der Waals surface area contributed by atoms with Gasteiger partial charge in [-0.05, 0) is 78.4 Å². The van der Waals surface area contributed by atoms with Gasteiger partial charge in [-0.25, -0.2) is 9.78 Å². The van der Waals surface area contributed by atoms with Gasteiger partial charge in [0.15, 0.2) is 0 Å². The van der Waals surface area contributed by atoms with Gasteiger partial charge in [0.1, 0.15) is 11.2 Å². The zero-order valence-corrected chi connectivity index (χ0v) is 20.7. The van der Waals surface area contributed by atoms with E-state index in [0.717, 1.165) is 32.1 Å². The highest BCUT2D eigenvalue weighted by Crippen LogP contribution is 2.71. The summed E-state index contributed by atoms with van der Waals surface area (Å²) in [7, 11) is 0. The van der Waals surface area contributed by atoms with Crippen LogP contribution in [0.5, 0.6) is 0 Å². The summed E-state index contributed by atoms with van der Waals surface area (Å²) in [4.78, 5) is 12.4. The molecule has 2 N–H and O–H groups in total. The maximum atomic E-state index is 11.4. The maximum absolute atomic E-state index is 11.4. The minimum atomic E-state index is -0.561. The molecule has 0 aromatic heterocycles. The van der Waals surface area contributed by atoms with Crippen molar-refractivity contribution in [1.82, 2.24) is 0 Å². The Hall–Kier alpha value is -0.940. The lowest BCUT2D eigenvalue weighted by Gasteiger charge is -2.56. The van der Waals surface area contributed by atoms with Crippen LogP contribution in [0.4, 0.5) is 0 Å². The third-order valence-corrected chi connectivity index (χ3v) is 10.6. The van der Waals surface area contributed by atoms with Crippen molar-refractivity contribution in [2.45, 2.75) is 103 Å². The molecule has 4 nitrogen and oxygen atoms in total. The quantitative estimate of drug-likeness (QED) is 0.445. The van der Waals surface area contributed by atoms with Crippen LogP contribution in [0.3, 0.4) is 0 Å². The maximum Gasteiger partial charge on any atom is 0.137 e. The fraction of sp³-hybridized carbons (Fsp3) is 0.786. The van der Waals surface area contributed by atoms with E-state index < -0.39 is 17.3 Å². The van der Waals surface area contributed by atoms with Gasteiger partial charge in [-0.2, -0.15) is 0 Å². The molecule has 4 aliphatic carbocycles. The normalized spacial score (nSPS) is 49.3. The SMILES string of the molecule is CC(C)[C@@H](C)/C=C/[C@@H](C)[C@H]1C[C@H](O)C2=C3C=C[C@@]45C[C@@H](O)CC[C@]4(C)[C@]3(CC[C@@]21C)OO5. The molecule has 2 bridgehead atoms. The molecule has 0 unspecified atom stereocenters. The van der Waals surface area contributed by atoms with Crippen molar-refractivity contribution in [1.29, 1.82) is 0 Å². The van der Waals surface area contributed by atoms with Crippen LogP contribution in [0.25, 0.3) is 0 Å². The summed E-state index contributed by atoms with van der Waals surface area (Å²) < 4.78 is 0. The van der Waals surface area contributed by atoms with Crippen molar-refractivity contribution >= 4 is 0 Å². The van der Waals surface area contributed by atoms with E-state index in [4.69, 9.17) is 9.78 Å². The van der Waals surface area contributed by atoms with Crippen LogP contribution in [0.1, 0.15) is 80.1 Å². The first-order chi connectivity index (χ1) is 15.0. The van der Waals surface area contributed by atoms with Gasteiger partial charge < -0.3 is 10.2 Å². The highest BCUT2D eigenvalue weighted by molar-refractivity contribution is 5.52. The Kier molecular flexibility index (Phi) is 5.19. The van der Waals surface area contributed by atoms with E-state index in [2.05, 4.69) is 65.8 Å². The first kappa shape index (κ1) is 22.8. The van der Waals surface area contributed by atoms with Gasteiger partial charge in [0, 0.05) is 11.8 Å². The molecule has 178 valence electrons. The smallest absolute Gasteiger partial charge is 0.137 e. The second-order valence-corrected chi connectivity index (χ2v) is 12.4. The number of aliphatic hydroxyl groups excluding tert-OH is 2. The summed E-state index contributed by atoms with van der Waals surface area (Å²) in [6.45, 7) is 13.8. The van der Waals surface area contributed by atoms with Gasteiger partial charge in [-0.1, -0.05) is 59.8 Å². The Morgan fingerprint density at radius 1 is 1.03 bits per heavy atom. The molecule has 0 aromatic rings. The monoisotopic (exact) mass is 442 g/mol. The lowest BCUT2D eigenvalue weighted by Crippen LogP contribution is -2.61. The number of hydrogen-bond donors (Lipinski definition) is 2. The van der Waals surface area contributed by atoms with Gasteiger partial charge in [-0.15, -0.1) is 0 Å². The molecule has 0 radical (unpaired) electrons. The van der Waals surface area contributed by atoms with Crippen molar-refractivity contribution in [2.75, 3.05) is 0 Å². The van der Waals surface area contributed by atoms with Crippen LogP contribution in [-0.2, 0) is 9.78 Å². The summed E-state index contributed by atoms with van der Waals surface area (Å²) in [5.74, 6) is 2.02. The molecule has 5 aliphatic rings. The molecule has 3 fully saturated rings. The minimum Gasteiger partial charge on any atom is -0.393 e. The zero-order chi connectivity index (χ0) is 23.1. The van der Waals surface area contributed by atoms with Crippen molar-refractivity contribution in [3.8, 4) is 0 Å². The van der Waals surface area contributed by atoms with Crippen molar-refractivity contribution in [2.24, 2.45) is 34.5 Å². The molecule has 1 heterocycles. The lowest BCUT2D eigenvalue weighted by atomic mass is 9.47. The number of allylic oxidation sites excluding steroid dienone is 2. The van der Waals surface area contributed by atoms with Crippen molar-refractivity contribution in [3.63, 3.8) is 0 Å². The van der Waals surface area contributed by atoms with Crippen LogP contribution < -0.4 is 0 Å². The van der Waals surface area contributed by atoms with E-state index in [0.29, 0.717) is 30.1 Å². The lowest BCUT2D eigenvalue weighted by molar-refractivity contribution is -0.337. The molecule has 1 aliphatic heterocycles. The zero-order valence-electron chi connectivity index (χ0n) is 20.7. The van der Waals surface area contributed by atoms with Gasteiger partial charge in [0.05, 0.1) is 12.2 Å². The Bertz CT molecular complexity index is 873. The van der Waals surface area contributed by atoms with Crippen molar-refractivity contribution < 1.29 is 20.0 Å². The number of fused-ring (bicyclic) bond motifs is 1. The Labute approximate surface area is 193 Å². The second-order valence-electron chi connectivity index (χ2n) is 12.4. The fourth-order valence-electron chi connectivity index (χ4n) is 7.93. The molecule has 32 heavy (non-hydrogen) atoms. The molecule has 9 atom stereocenters. The molecule has 5 rings (SSSR count). The largest absolute Gasteiger partial charge is 0.393 e. The molecule has 0 aromatic carbocycles. The van der Waals surface area contributed by atoms with E-state index in [9.17, 15) is 10.2 Å². The van der Waals surface area contributed by atoms with Gasteiger partial charge in [0.25, 0.3) is 0 Å². The molecular formula is C28H42O4. The summed E-state index contributed by atoms with van der Waals surface area (Å²) in [5, 5.41) is 21.8. The summed E-state index contributed by atoms with van der Waals surface area (Å²) in [6, 6.07) is 0. The molecular weight excluding hydrogens is 400 g/mol. The Morgan fingerprint density at radius 2 is 1.78 bits per heavy atom. The molecule has 4 heteroatoms. The number of hydrogen-bond acceptors (Lipinski definition) is 4. The predicted molar refractivity (Wildman–Crippen MR) is 126 cm³/mol.